The van der Waals surface area contributed by atoms with E-state index >= 15 is 0 Å². The maximum absolute atomic E-state index is 13.3. The molecule has 1 unspecified atom stereocenters. The number of hydrogen-bond acceptors (Lipinski definition) is 10. The summed E-state index contributed by atoms with van der Waals surface area (Å²) in [4.78, 5) is 4.74. The molecule has 1 aromatic heterocycles. The zero-order valence-corrected chi connectivity index (χ0v) is 24.1. The van der Waals surface area contributed by atoms with Gasteiger partial charge in [0.1, 0.15) is 23.4 Å². The lowest BCUT2D eigenvalue weighted by atomic mass is 9.88. The predicted octanol–water partition coefficient (Wildman–Crippen LogP) is -0.0229. The molecule has 3 aliphatic heterocycles. The molecule has 2 saturated heterocycles. The van der Waals surface area contributed by atoms with Gasteiger partial charge < -0.3 is 25.2 Å². The van der Waals surface area contributed by atoms with E-state index in [0.29, 0.717) is 44.8 Å². The van der Waals surface area contributed by atoms with Gasteiger partial charge in [0.2, 0.25) is 20.0 Å². The summed E-state index contributed by atoms with van der Waals surface area (Å²) in [6.07, 6.45) is 3.39. The maximum Gasteiger partial charge on any atom is 0.244 e. The SMILES string of the molecule is CNS(=O)(=O)c1cccc(OCC(O)CN[C@H]2COC3(CCN(S(=O)(=O)c4cnc5c(c4)CNCC5)CC3)C2)c1. The summed E-state index contributed by atoms with van der Waals surface area (Å²) in [5, 5.41) is 17.0. The largest absolute Gasteiger partial charge is 0.491 e. The first-order valence-corrected chi connectivity index (χ1v) is 16.4. The van der Waals surface area contributed by atoms with Gasteiger partial charge in [-0.05, 0) is 50.1 Å². The molecule has 2 atom stereocenters. The van der Waals surface area contributed by atoms with E-state index in [1.165, 1.54) is 29.7 Å². The topological polar surface area (TPSA) is 159 Å². The number of piperidine rings is 1. The molecule has 220 valence electrons. The molecule has 0 bridgehead atoms. The number of hydrogen-bond donors (Lipinski definition) is 4. The Bertz CT molecular complexity index is 1410. The standard InChI is InChI=1S/C26H37N5O7S2/c1-27-39(33,34)23-4-2-3-22(12-23)37-18-21(32)15-29-20-13-26(38-17-20)6-9-31(10-7-26)40(35,36)24-11-19-14-28-8-5-25(19)30-16-24/h2-4,11-12,16,20-21,27-29,32H,5-10,13-15,17-18H2,1H3/t20-,21?/m1/s1. The van der Waals surface area contributed by atoms with Crippen LogP contribution in [0.2, 0.25) is 0 Å². The number of nitrogens with zero attached hydrogens (tertiary/aromatic N) is 2. The van der Waals surface area contributed by atoms with Gasteiger partial charge in [-0.25, -0.2) is 21.6 Å². The fourth-order valence-electron chi connectivity index (χ4n) is 5.48. The lowest BCUT2D eigenvalue weighted by molar-refractivity contribution is -0.0312. The van der Waals surface area contributed by atoms with E-state index < -0.39 is 26.2 Å². The molecule has 4 heterocycles. The molecule has 1 spiro atoms. The molecule has 0 radical (unpaired) electrons. The Labute approximate surface area is 235 Å². The Kier molecular flexibility index (Phi) is 8.78. The average molecular weight is 596 g/mol. The number of aromatic nitrogens is 1. The number of sulfonamides is 2. The summed E-state index contributed by atoms with van der Waals surface area (Å²) in [6.45, 7) is 2.99. The van der Waals surface area contributed by atoms with Crippen molar-refractivity contribution in [3.8, 4) is 5.75 Å². The number of ether oxygens (including phenoxy) is 2. The van der Waals surface area contributed by atoms with E-state index in [9.17, 15) is 21.9 Å². The highest BCUT2D eigenvalue weighted by Gasteiger charge is 2.44. The Morgan fingerprint density at radius 3 is 2.80 bits per heavy atom. The third kappa shape index (κ3) is 6.49. The van der Waals surface area contributed by atoms with Crippen LogP contribution in [0.15, 0.2) is 46.3 Å². The zero-order valence-electron chi connectivity index (χ0n) is 22.5. The molecule has 0 saturated carbocycles. The van der Waals surface area contributed by atoms with E-state index in [0.717, 1.165) is 30.6 Å². The Morgan fingerprint density at radius 2 is 2.02 bits per heavy atom. The fraction of sp³-hybridized carbons (Fsp3) is 0.577. The molecule has 2 aromatic rings. The van der Waals surface area contributed by atoms with Gasteiger partial charge in [-0.1, -0.05) is 6.07 Å². The second kappa shape index (κ2) is 12.0. The van der Waals surface area contributed by atoms with Crippen LogP contribution in [-0.2, 0) is 37.7 Å². The molecule has 0 aliphatic carbocycles. The molecule has 4 N–H and O–H groups in total. The van der Waals surface area contributed by atoms with Crippen LogP contribution in [0.5, 0.6) is 5.75 Å². The van der Waals surface area contributed by atoms with Gasteiger partial charge in [0.15, 0.2) is 0 Å². The highest BCUT2D eigenvalue weighted by atomic mass is 32.2. The van der Waals surface area contributed by atoms with Crippen LogP contribution >= 0.6 is 0 Å². The summed E-state index contributed by atoms with van der Waals surface area (Å²) < 4.78 is 66.1. The van der Waals surface area contributed by atoms with Crippen LogP contribution < -0.4 is 20.1 Å². The molecule has 1 aromatic carbocycles. The van der Waals surface area contributed by atoms with Crippen LogP contribution in [0.3, 0.4) is 0 Å². The van der Waals surface area contributed by atoms with Gasteiger partial charge >= 0.3 is 0 Å². The van der Waals surface area contributed by atoms with Crippen molar-refractivity contribution in [2.45, 2.75) is 59.8 Å². The number of pyridine rings is 1. The molecule has 2 fully saturated rings. The highest BCUT2D eigenvalue weighted by molar-refractivity contribution is 7.89. The molecular formula is C26H37N5O7S2. The second-order valence-electron chi connectivity index (χ2n) is 10.6. The number of nitrogens with one attached hydrogen (secondary N) is 3. The summed E-state index contributed by atoms with van der Waals surface area (Å²) in [5.74, 6) is 0.350. The summed E-state index contributed by atoms with van der Waals surface area (Å²) in [6, 6.07) is 7.87. The number of rotatable bonds is 10. The van der Waals surface area contributed by atoms with Crippen molar-refractivity contribution in [2.75, 3.05) is 46.4 Å². The summed E-state index contributed by atoms with van der Waals surface area (Å²) in [7, 11) is -5.87. The van der Waals surface area contributed by atoms with Crippen molar-refractivity contribution < 1.29 is 31.4 Å². The lowest BCUT2D eigenvalue weighted by Gasteiger charge is -2.38. The first-order valence-electron chi connectivity index (χ1n) is 13.5. The van der Waals surface area contributed by atoms with Crippen molar-refractivity contribution >= 4 is 20.0 Å². The van der Waals surface area contributed by atoms with Gasteiger partial charge in [0.05, 0.1) is 17.1 Å². The maximum atomic E-state index is 13.3. The predicted molar refractivity (Wildman–Crippen MR) is 147 cm³/mol. The Morgan fingerprint density at radius 1 is 1.23 bits per heavy atom. The molecular weight excluding hydrogens is 558 g/mol. The van der Waals surface area contributed by atoms with Crippen LogP contribution in [0, 0.1) is 0 Å². The molecule has 14 heteroatoms. The van der Waals surface area contributed by atoms with Gasteiger partial charge in [0.25, 0.3) is 0 Å². The molecule has 40 heavy (non-hydrogen) atoms. The first-order chi connectivity index (χ1) is 19.1. The number of aliphatic hydroxyl groups excluding tert-OH is 1. The number of aliphatic hydroxyl groups is 1. The molecule has 12 nitrogen and oxygen atoms in total. The Balaban J connectivity index is 1.08. The van der Waals surface area contributed by atoms with E-state index in [4.69, 9.17) is 9.47 Å². The van der Waals surface area contributed by atoms with E-state index in [2.05, 4.69) is 20.3 Å². The third-order valence-corrected chi connectivity index (χ3v) is 11.1. The minimum absolute atomic E-state index is 0.00475. The Hall–Kier alpha value is -2.17. The highest BCUT2D eigenvalue weighted by Crippen LogP contribution is 2.37. The number of fused-ring (bicyclic) bond motifs is 1. The van der Waals surface area contributed by atoms with E-state index in [1.807, 2.05) is 0 Å². The quantitative estimate of drug-likeness (QED) is 0.294. The second-order valence-corrected chi connectivity index (χ2v) is 14.4. The van der Waals surface area contributed by atoms with Crippen LogP contribution in [0.4, 0.5) is 0 Å². The van der Waals surface area contributed by atoms with Crippen LogP contribution in [0.25, 0.3) is 0 Å². The van der Waals surface area contributed by atoms with Crippen molar-refractivity contribution in [2.24, 2.45) is 0 Å². The van der Waals surface area contributed by atoms with Crippen molar-refractivity contribution in [1.29, 1.82) is 0 Å². The van der Waals surface area contributed by atoms with E-state index in [1.54, 1.807) is 18.2 Å². The van der Waals surface area contributed by atoms with Gasteiger partial charge in [-0.15, -0.1) is 0 Å². The van der Waals surface area contributed by atoms with Gasteiger partial charge in [-0.2, -0.15) is 4.31 Å². The summed E-state index contributed by atoms with van der Waals surface area (Å²) in [5.41, 5.74) is 1.51. The molecule has 0 amide bonds. The molecule has 5 rings (SSSR count). The van der Waals surface area contributed by atoms with Crippen LogP contribution in [-0.4, -0.2) is 95.4 Å². The molecule has 3 aliphatic rings. The monoisotopic (exact) mass is 595 g/mol. The van der Waals surface area contributed by atoms with Crippen molar-refractivity contribution in [3.05, 3.63) is 47.8 Å². The van der Waals surface area contributed by atoms with Crippen LogP contribution in [0.1, 0.15) is 30.5 Å². The van der Waals surface area contributed by atoms with E-state index in [-0.39, 0.29) is 34.6 Å². The smallest absolute Gasteiger partial charge is 0.244 e. The van der Waals surface area contributed by atoms with Crippen molar-refractivity contribution in [1.82, 2.24) is 24.6 Å². The first kappa shape index (κ1) is 29.3. The zero-order chi connectivity index (χ0) is 28.4. The number of benzene rings is 1. The normalized spacial score (nSPS) is 22.2. The third-order valence-electron chi connectivity index (χ3n) is 7.84. The van der Waals surface area contributed by atoms with Gasteiger partial charge in [0, 0.05) is 63.1 Å². The average Bonchev–Trinajstić information content (AvgIpc) is 3.37. The minimum Gasteiger partial charge on any atom is -0.491 e. The van der Waals surface area contributed by atoms with Gasteiger partial charge in [-0.3, -0.25) is 4.98 Å². The minimum atomic E-state index is -3.63. The fourth-order valence-corrected chi connectivity index (χ4v) is 7.68. The van der Waals surface area contributed by atoms with Crippen molar-refractivity contribution in [3.63, 3.8) is 0 Å². The summed E-state index contributed by atoms with van der Waals surface area (Å²) >= 11 is 0. The lowest BCUT2D eigenvalue weighted by Crippen LogP contribution is -2.47.